The molecule has 0 saturated carbocycles. The van der Waals surface area contributed by atoms with E-state index in [1.807, 2.05) is 12.2 Å². The number of hydrogen-bond acceptors (Lipinski definition) is 10. The highest BCUT2D eigenvalue weighted by Crippen LogP contribution is 2.43. The van der Waals surface area contributed by atoms with E-state index in [0.29, 0.717) is 19.3 Å². The Morgan fingerprint density at radius 1 is 0.362 bits per heavy atom. The highest BCUT2D eigenvalue weighted by molar-refractivity contribution is 7.47. The number of aliphatic hydroxyl groups is 1. The second-order valence-corrected chi connectivity index (χ2v) is 20.8. The average molecular weight is 1130 g/mol. The maximum Gasteiger partial charge on any atom is 0.472 e. The predicted molar refractivity (Wildman–Crippen MR) is 334 cm³/mol. The summed E-state index contributed by atoms with van der Waals surface area (Å²) in [7, 11) is -4.79. The number of phosphoric ester groups is 1. The van der Waals surface area contributed by atoms with E-state index >= 15 is 0 Å². The lowest BCUT2D eigenvalue weighted by molar-refractivity contribution is -0.161. The fourth-order valence-electron chi connectivity index (χ4n) is 7.47. The number of esters is 3. The molecule has 0 aliphatic heterocycles. The number of carbonyl (C=O) groups is 3. The van der Waals surface area contributed by atoms with E-state index in [-0.39, 0.29) is 19.3 Å². The fourth-order valence-corrected chi connectivity index (χ4v) is 8.25. The number of ether oxygens (including phenoxy) is 3. The molecule has 0 aliphatic carbocycles. The summed E-state index contributed by atoms with van der Waals surface area (Å²) in [6.45, 7) is 4.14. The van der Waals surface area contributed by atoms with Gasteiger partial charge in [-0.1, -0.05) is 230 Å². The van der Waals surface area contributed by atoms with Crippen LogP contribution >= 0.6 is 7.82 Å². The number of phosphoric acid groups is 1. The van der Waals surface area contributed by atoms with Crippen molar-refractivity contribution in [1.29, 1.82) is 0 Å². The molecule has 0 spiro atoms. The summed E-state index contributed by atoms with van der Waals surface area (Å²) < 4.78 is 39.5. The lowest BCUT2D eigenvalue weighted by Crippen LogP contribution is -2.30. The first-order chi connectivity index (χ1) is 39.2. The SMILES string of the molecule is CC/C=C\C/C=C\C/C=C\C/C=C\C/C=C\CC(=O)OCC(COP(=O)(O)OCC(CO)OC(=O)CCCCCCCC/C=C\C/C=C\C/C=C\C/C=C\CC)OC(=O)CCCCCCCC/C=C\C/C=C\C/C=C\C/C=C\CC. The van der Waals surface area contributed by atoms with Crippen LogP contribution in [0, 0.1) is 0 Å². The van der Waals surface area contributed by atoms with Crippen molar-refractivity contribution < 1.29 is 52.2 Å². The molecule has 0 aromatic heterocycles. The highest BCUT2D eigenvalue weighted by Gasteiger charge is 2.28. The molecule has 450 valence electrons. The summed E-state index contributed by atoms with van der Waals surface area (Å²) in [5, 5.41) is 9.84. The molecule has 2 N–H and O–H groups in total. The van der Waals surface area contributed by atoms with Crippen molar-refractivity contribution >= 4 is 25.7 Å². The van der Waals surface area contributed by atoms with Crippen molar-refractivity contribution in [3.8, 4) is 0 Å². The van der Waals surface area contributed by atoms with Gasteiger partial charge in [0.2, 0.25) is 0 Å². The van der Waals surface area contributed by atoms with Crippen LogP contribution in [0.25, 0.3) is 0 Å². The molecule has 0 aromatic rings. The van der Waals surface area contributed by atoms with E-state index < -0.39 is 64.4 Å². The van der Waals surface area contributed by atoms with Gasteiger partial charge in [-0.3, -0.25) is 23.4 Å². The Morgan fingerprint density at radius 2 is 0.650 bits per heavy atom. The zero-order valence-corrected chi connectivity index (χ0v) is 50.6. The summed E-state index contributed by atoms with van der Waals surface area (Å²) in [6.07, 6.45) is 79.4. The summed E-state index contributed by atoms with van der Waals surface area (Å²) in [5.41, 5.74) is 0. The largest absolute Gasteiger partial charge is 0.472 e. The van der Waals surface area contributed by atoms with Crippen LogP contribution in [0.1, 0.15) is 213 Å². The van der Waals surface area contributed by atoms with Gasteiger partial charge in [-0.15, -0.1) is 0 Å². The van der Waals surface area contributed by atoms with Crippen molar-refractivity contribution in [2.45, 2.75) is 226 Å². The molecule has 0 saturated heterocycles. The molecule has 0 aromatic carbocycles. The summed E-state index contributed by atoms with van der Waals surface area (Å²) in [6, 6.07) is 0. The molecule has 0 heterocycles. The lowest BCUT2D eigenvalue weighted by Gasteiger charge is -2.21. The Labute approximate surface area is 485 Å². The van der Waals surface area contributed by atoms with Crippen molar-refractivity contribution in [1.82, 2.24) is 0 Å². The van der Waals surface area contributed by atoms with Crippen LogP contribution in [0.4, 0.5) is 0 Å². The predicted octanol–water partition coefficient (Wildman–Crippen LogP) is 18.5. The first-order valence-corrected chi connectivity index (χ1v) is 31.9. The Hall–Kier alpha value is -4.90. The molecule has 0 radical (unpaired) electrons. The van der Waals surface area contributed by atoms with Crippen molar-refractivity contribution in [2.75, 3.05) is 26.4 Å². The van der Waals surface area contributed by atoms with Gasteiger partial charge >= 0.3 is 25.7 Å². The molecule has 0 aliphatic rings. The van der Waals surface area contributed by atoms with Crippen LogP contribution in [-0.4, -0.2) is 66.5 Å². The first-order valence-electron chi connectivity index (χ1n) is 30.4. The molecule has 0 rings (SSSR count). The number of rotatable bonds is 54. The topological polar surface area (TPSA) is 155 Å². The van der Waals surface area contributed by atoms with E-state index in [4.69, 9.17) is 23.3 Å². The van der Waals surface area contributed by atoms with Crippen LogP contribution in [0.5, 0.6) is 0 Å². The zero-order chi connectivity index (χ0) is 58.3. The molecule has 3 atom stereocenters. The van der Waals surface area contributed by atoms with Crippen LogP contribution in [0.3, 0.4) is 0 Å². The normalized spacial score (nSPS) is 14.4. The lowest BCUT2D eigenvalue weighted by atomic mass is 10.1. The van der Waals surface area contributed by atoms with Gasteiger partial charge in [0.1, 0.15) is 12.7 Å². The number of allylic oxidation sites excluding steroid dienone is 25. The second kappa shape index (κ2) is 60.2. The number of carbonyl (C=O) groups excluding carboxylic acids is 3. The van der Waals surface area contributed by atoms with E-state index in [9.17, 15) is 28.9 Å². The van der Waals surface area contributed by atoms with E-state index in [2.05, 4.69) is 161 Å². The van der Waals surface area contributed by atoms with Gasteiger partial charge in [0.25, 0.3) is 0 Å². The minimum absolute atomic E-state index is 0.0187. The minimum Gasteiger partial charge on any atom is -0.461 e. The summed E-state index contributed by atoms with van der Waals surface area (Å²) in [4.78, 5) is 48.6. The molecule has 12 heteroatoms. The van der Waals surface area contributed by atoms with Gasteiger partial charge in [-0.25, -0.2) is 4.57 Å². The van der Waals surface area contributed by atoms with Crippen molar-refractivity contribution in [3.63, 3.8) is 0 Å². The monoisotopic (exact) mass is 1130 g/mol. The van der Waals surface area contributed by atoms with Crippen molar-refractivity contribution in [2.24, 2.45) is 0 Å². The van der Waals surface area contributed by atoms with Gasteiger partial charge in [0, 0.05) is 12.8 Å². The number of aliphatic hydroxyl groups excluding tert-OH is 1. The van der Waals surface area contributed by atoms with Gasteiger partial charge in [0.15, 0.2) is 6.10 Å². The third kappa shape index (κ3) is 57.8. The maximum atomic E-state index is 12.9. The molecule has 11 nitrogen and oxygen atoms in total. The average Bonchev–Trinajstić information content (AvgIpc) is 3.45. The molecule has 0 fully saturated rings. The van der Waals surface area contributed by atoms with Crippen LogP contribution in [0.2, 0.25) is 0 Å². The Bertz CT molecular complexity index is 1950. The summed E-state index contributed by atoms with van der Waals surface area (Å²) in [5.74, 6) is -1.67. The van der Waals surface area contributed by atoms with Gasteiger partial charge in [0.05, 0.1) is 26.2 Å². The number of unbranched alkanes of at least 4 members (excludes halogenated alkanes) is 12. The molecule has 80 heavy (non-hydrogen) atoms. The highest BCUT2D eigenvalue weighted by atomic mass is 31.2. The molecule has 0 amide bonds. The van der Waals surface area contributed by atoms with Crippen molar-refractivity contribution in [3.05, 3.63) is 158 Å². The van der Waals surface area contributed by atoms with Gasteiger partial charge in [-0.2, -0.15) is 0 Å². The fraction of sp³-hybridized carbons (Fsp3) is 0.574. The Morgan fingerprint density at radius 3 is 1.00 bits per heavy atom. The van der Waals surface area contributed by atoms with Gasteiger partial charge in [-0.05, 0) is 122 Å². The first kappa shape index (κ1) is 75.1. The smallest absolute Gasteiger partial charge is 0.461 e. The Kier molecular flexibility index (Phi) is 56.5. The third-order valence-corrected chi connectivity index (χ3v) is 12.9. The van der Waals surface area contributed by atoms with Gasteiger partial charge < -0.3 is 24.2 Å². The Balaban J connectivity index is 4.84. The maximum absolute atomic E-state index is 12.9. The third-order valence-electron chi connectivity index (χ3n) is 12.0. The molecular formula is C68H107O11P. The minimum atomic E-state index is -4.79. The van der Waals surface area contributed by atoms with Crippen LogP contribution < -0.4 is 0 Å². The van der Waals surface area contributed by atoms with Crippen LogP contribution in [0.15, 0.2) is 158 Å². The second-order valence-electron chi connectivity index (χ2n) is 19.4. The van der Waals surface area contributed by atoms with E-state index in [0.717, 1.165) is 154 Å². The molecule has 3 unspecified atom stereocenters. The van der Waals surface area contributed by atoms with E-state index in [1.165, 1.54) is 0 Å². The quantitative estimate of drug-likeness (QED) is 0.0197. The van der Waals surface area contributed by atoms with E-state index in [1.54, 1.807) is 6.08 Å². The molecular weight excluding hydrogens is 1020 g/mol. The summed E-state index contributed by atoms with van der Waals surface area (Å²) >= 11 is 0. The standard InChI is InChI=1S/C68H107O11P/c1-4-7-10-13-16-19-22-25-28-30-32-34-37-40-43-46-49-52-55-58-67(71)78-64(60-69)62-76-80(73,74)77-63-65(61-75-66(70)57-54-51-48-45-42-39-36-27-24-21-18-15-12-9-6-3)79-68(72)59-56-53-50-47-44-41-38-35-33-31-29-26-23-20-17-14-11-8-5-2/h7-12,16-21,25-29,32-36,42,45,51,54,64-65,69H,4-6,13-15,22-24,30-31,37-41,43-44,46-50,52-53,55-63H2,1-3H3,(H,73,74)/b10-7-,11-8-,12-9-,19-16-,20-17-,21-18-,28-25-,29-26-,34-32-,35-33-,36-27-,45-42-,54-51-. The zero-order valence-electron chi connectivity index (χ0n) is 49.7. The van der Waals surface area contributed by atoms with Crippen LogP contribution in [-0.2, 0) is 42.2 Å². The molecule has 0 bridgehead atoms. The number of hydrogen-bond donors (Lipinski definition) is 2.